The van der Waals surface area contributed by atoms with Crippen LogP contribution < -0.4 is 5.32 Å². The number of amides is 1. The Hall–Kier alpha value is -1.40. The molecule has 75 heavy (non-hydrogen) atoms. The van der Waals surface area contributed by atoms with E-state index in [2.05, 4.69) is 31.3 Å². The fourth-order valence-corrected chi connectivity index (χ4v) is 11.1. The highest BCUT2D eigenvalue weighted by atomic mass is 16.5. The van der Waals surface area contributed by atoms with Gasteiger partial charge in [-0.2, -0.15) is 0 Å². The minimum atomic E-state index is -0.667. The number of ether oxygens (including phenoxy) is 1. The third kappa shape index (κ3) is 61.7. The summed E-state index contributed by atoms with van der Waals surface area (Å²) in [6.07, 6.45) is 79.5. The van der Waals surface area contributed by atoms with Crippen molar-refractivity contribution in [1.29, 1.82) is 0 Å². The molecule has 0 fully saturated rings. The Morgan fingerprint density at radius 2 is 0.627 bits per heavy atom. The molecule has 2 unspecified atom stereocenters. The molecular formula is C69H135NO5. The summed E-state index contributed by atoms with van der Waals surface area (Å²) in [6, 6.07) is -0.544. The van der Waals surface area contributed by atoms with Crippen molar-refractivity contribution in [2.45, 2.75) is 405 Å². The summed E-state index contributed by atoms with van der Waals surface area (Å²) in [7, 11) is 0. The third-order valence-corrected chi connectivity index (χ3v) is 16.3. The molecule has 0 saturated carbocycles. The average molecular weight is 1060 g/mol. The molecule has 6 heteroatoms. The number of carbonyl (C=O) groups excluding carboxylic acids is 2. The largest absolute Gasteiger partial charge is 0.466 e. The Morgan fingerprint density at radius 1 is 0.360 bits per heavy atom. The lowest BCUT2D eigenvalue weighted by Crippen LogP contribution is -2.45. The number of unbranched alkanes of at least 4 members (excludes halogenated alkanes) is 52. The Kier molecular flexibility index (Phi) is 63.9. The SMILES string of the molecule is CCCCCCCCC/C=C\CCCCCCCCCC(=O)OCCCCCCCCCCCCCCCCCCCCCC(=O)NC(CO)C(O)CCCCCCCCCCCCCCCCCCCCCCC. The van der Waals surface area contributed by atoms with Crippen molar-refractivity contribution in [2.75, 3.05) is 13.2 Å². The number of carbonyl (C=O) groups is 2. The van der Waals surface area contributed by atoms with Crippen molar-refractivity contribution >= 4 is 11.9 Å². The van der Waals surface area contributed by atoms with Gasteiger partial charge in [0.05, 0.1) is 25.4 Å². The van der Waals surface area contributed by atoms with E-state index in [1.807, 2.05) is 0 Å². The number of hydrogen-bond donors (Lipinski definition) is 3. The van der Waals surface area contributed by atoms with Crippen LogP contribution in [0.25, 0.3) is 0 Å². The standard InChI is InChI=1S/C69H135NO5/c1-3-5-7-9-11-13-15-17-19-21-23-24-26-29-33-37-41-45-49-53-57-61-67(72)66(65-71)70-68(73)62-58-54-50-46-42-38-34-30-27-25-28-32-36-40-44-48-52-56-60-64-75-69(74)63-59-55-51-47-43-39-35-31-22-20-18-16-14-12-10-8-6-4-2/h20,22,66-67,71-72H,3-19,21,23-65H2,1-2H3,(H,70,73)/b22-20-. The Balaban J connectivity index is 3.38. The summed E-state index contributed by atoms with van der Waals surface area (Å²) >= 11 is 0. The van der Waals surface area contributed by atoms with E-state index in [1.165, 1.54) is 315 Å². The van der Waals surface area contributed by atoms with Gasteiger partial charge < -0.3 is 20.3 Å². The van der Waals surface area contributed by atoms with Gasteiger partial charge >= 0.3 is 5.97 Å². The molecule has 0 saturated heterocycles. The lowest BCUT2D eigenvalue weighted by molar-refractivity contribution is -0.143. The first-order valence-electron chi connectivity index (χ1n) is 34.4. The molecule has 0 aliphatic heterocycles. The second kappa shape index (κ2) is 65.1. The molecule has 0 spiro atoms. The van der Waals surface area contributed by atoms with Gasteiger partial charge in [-0.3, -0.25) is 9.59 Å². The number of esters is 1. The van der Waals surface area contributed by atoms with E-state index >= 15 is 0 Å². The molecule has 3 N–H and O–H groups in total. The normalized spacial score (nSPS) is 12.5. The molecule has 0 aliphatic rings. The quantitative estimate of drug-likeness (QED) is 0.0320. The second-order valence-corrected chi connectivity index (χ2v) is 23.9. The maximum atomic E-state index is 12.5. The van der Waals surface area contributed by atoms with E-state index < -0.39 is 12.1 Å². The van der Waals surface area contributed by atoms with Gasteiger partial charge in [-0.15, -0.1) is 0 Å². The van der Waals surface area contributed by atoms with E-state index in [0.717, 1.165) is 44.9 Å². The zero-order valence-corrected chi connectivity index (χ0v) is 51.1. The number of aliphatic hydroxyl groups is 2. The van der Waals surface area contributed by atoms with Crippen molar-refractivity contribution in [2.24, 2.45) is 0 Å². The third-order valence-electron chi connectivity index (χ3n) is 16.3. The molecule has 0 aromatic carbocycles. The monoisotopic (exact) mass is 1060 g/mol. The smallest absolute Gasteiger partial charge is 0.305 e. The summed E-state index contributed by atoms with van der Waals surface area (Å²) in [5, 5.41) is 23.4. The van der Waals surface area contributed by atoms with Crippen LogP contribution in [0.2, 0.25) is 0 Å². The van der Waals surface area contributed by atoms with E-state index in [-0.39, 0.29) is 18.5 Å². The maximum absolute atomic E-state index is 12.5. The zero-order valence-electron chi connectivity index (χ0n) is 51.1. The van der Waals surface area contributed by atoms with Crippen LogP contribution in [0.1, 0.15) is 393 Å². The molecular weight excluding hydrogens is 923 g/mol. The first-order chi connectivity index (χ1) is 37.0. The number of allylic oxidation sites excluding steroid dienone is 2. The van der Waals surface area contributed by atoms with Crippen LogP contribution in [0.4, 0.5) is 0 Å². The van der Waals surface area contributed by atoms with Gasteiger partial charge in [0.1, 0.15) is 0 Å². The van der Waals surface area contributed by atoms with Crippen molar-refractivity contribution in [3.63, 3.8) is 0 Å². The van der Waals surface area contributed by atoms with Gasteiger partial charge in [0.15, 0.2) is 0 Å². The fourth-order valence-electron chi connectivity index (χ4n) is 11.1. The van der Waals surface area contributed by atoms with E-state index in [0.29, 0.717) is 25.9 Å². The summed E-state index contributed by atoms with van der Waals surface area (Å²) in [5.41, 5.74) is 0. The Bertz CT molecular complexity index is 1130. The Labute approximate surface area is 469 Å². The minimum Gasteiger partial charge on any atom is -0.466 e. The van der Waals surface area contributed by atoms with Crippen LogP contribution in [-0.4, -0.2) is 47.4 Å². The van der Waals surface area contributed by atoms with Crippen LogP contribution in [-0.2, 0) is 14.3 Å². The molecule has 0 aromatic rings. The van der Waals surface area contributed by atoms with Crippen molar-refractivity contribution < 1.29 is 24.5 Å². The Morgan fingerprint density at radius 3 is 0.947 bits per heavy atom. The molecule has 0 bridgehead atoms. The molecule has 1 amide bonds. The molecule has 6 nitrogen and oxygen atoms in total. The fraction of sp³-hybridized carbons (Fsp3) is 0.942. The zero-order chi connectivity index (χ0) is 54.3. The average Bonchev–Trinajstić information content (AvgIpc) is 3.41. The predicted octanol–water partition coefficient (Wildman–Crippen LogP) is 22.0. The second-order valence-electron chi connectivity index (χ2n) is 23.9. The van der Waals surface area contributed by atoms with Gasteiger partial charge in [0.25, 0.3) is 0 Å². The summed E-state index contributed by atoms with van der Waals surface area (Å²) < 4.78 is 5.50. The van der Waals surface area contributed by atoms with Crippen LogP contribution in [0.15, 0.2) is 12.2 Å². The highest BCUT2D eigenvalue weighted by Crippen LogP contribution is 2.19. The minimum absolute atomic E-state index is 0.00755. The molecule has 0 heterocycles. The van der Waals surface area contributed by atoms with Crippen LogP contribution in [0, 0.1) is 0 Å². The number of rotatable bonds is 65. The van der Waals surface area contributed by atoms with Crippen LogP contribution in [0.3, 0.4) is 0 Å². The van der Waals surface area contributed by atoms with E-state index in [1.54, 1.807) is 0 Å². The molecule has 0 aliphatic carbocycles. The molecule has 0 rings (SSSR count). The van der Waals surface area contributed by atoms with E-state index in [4.69, 9.17) is 4.74 Å². The van der Waals surface area contributed by atoms with Crippen LogP contribution in [0.5, 0.6) is 0 Å². The molecule has 0 aromatic heterocycles. The first kappa shape index (κ1) is 73.6. The summed E-state index contributed by atoms with van der Waals surface area (Å²) in [5.74, 6) is -0.0256. The number of nitrogens with one attached hydrogen (secondary N) is 1. The van der Waals surface area contributed by atoms with Gasteiger partial charge in [-0.1, -0.05) is 341 Å². The van der Waals surface area contributed by atoms with Crippen molar-refractivity contribution in [3.8, 4) is 0 Å². The van der Waals surface area contributed by atoms with Gasteiger partial charge in [0, 0.05) is 12.8 Å². The summed E-state index contributed by atoms with van der Waals surface area (Å²) in [4.78, 5) is 24.6. The van der Waals surface area contributed by atoms with E-state index in [9.17, 15) is 19.8 Å². The lowest BCUT2D eigenvalue weighted by Gasteiger charge is -2.22. The molecule has 2 atom stereocenters. The van der Waals surface area contributed by atoms with Gasteiger partial charge in [-0.25, -0.2) is 0 Å². The van der Waals surface area contributed by atoms with Crippen LogP contribution >= 0.6 is 0 Å². The number of aliphatic hydroxyl groups excluding tert-OH is 2. The lowest BCUT2D eigenvalue weighted by atomic mass is 10.0. The predicted molar refractivity (Wildman–Crippen MR) is 329 cm³/mol. The highest BCUT2D eigenvalue weighted by Gasteiger charge is 2.20. The molecule has 446 valence electrons. The summed E-state index contributed by atoms with van der Waals surface area (Å²) in [6.45, 7) is 4.98. The molecule has 0 radical (unpaired) electrons. The van der Waals surface area contributed by atoms with Crippen molar-refractivity contribution in [3.05, 3.63) is 12.2 Å². The van der Waals surface area contributed by atoms with Gasteiger partial charge in [0.2, 0.25) is 5.91 Å². The van der Waals surface area contributed by atoms with Gasteiger partial charge in [-0.05, 0) is 51.4 Å². The topological polar surface area (TPSA) is 95.9 Å². The van der Waals surface area contributed by atoms with Crippen molar-refractivity contribution in [1.82, 2.24) is 5.32 Å². The maximum Gasteiger partial charge on any atom is 0.305 e. The highest BCUT2D eigenvalue weighted by molar-refractivity contribution is 5.76. The first-order valence-corrected chi connectivity index (χ1v) is 34.4. The number of hydrogen-bond acceptors (Lipinski definition) is 5.